The molecule has 0 aliphatic carbocycles. The minimum absolute atomic E-state index is 0.214. The Morgan fingerprint density at radius 1 is 1.37 bits per heavy atom. The van der Waals surface area contributed by atoms with E-state index in [4.69, 9.17) is 10.7 Å². The Labute approximate surface area is 119 Å². The van der Waals surface area contributed by atoms with Crippen LogP contribution in [0.2, 0.25) is 0 Å². The molecule has 0 aromatic carbocycles. The summed E-state index contributed by atoms with van der Waals surface area (Å²) < 4.78 is 2.18. The van der Waals surface area contributed by atoms with E-state index < -0.39 is 0 Å². The van der Waals surface area contributed by atoms with Gasteiger partial charge in [0.1, 0.15) is 10.7 Å². The molecule has 3 nitrogen and oxygen atoms in total. The first-order valence-electron chi connectivity index (χ1n) is 7.10. The molecule has 0 fully saturated rings. The molecule has 4 heteroatoms. The highest BCUT2D eigenvalue weighted by molar-refractivity contribution is 7.99. The normalized spacial score (nSPS) is 13.0. The summed E-state index contributed by atoms with van der Waals surface area (Å²) in [6.45, 7) is 4.36. The van der Waals surface area contributed by atoms with Crippen LogP contribution in [0.15, 0.2) is 29.4 Å². The highest BCUT2D eigenvalue weighted by Gasteiger charge is 2.14. The minimum atomic E-state index is 0.214. The molecule has 104 valence electrons. The zero-order chi connectivity index (χ0) is 13.7. The Balaban J connectivity index is 2.28. The predicted molar refractivity (Wildman–Crippen MR) is 82.8 cm³/mol. The third-order valence-electron chi connectivity index (χ3n) is 3.31. The predicted octanol–water partition coefficient (Wildman–Crippen LogP) is 3.51. The molecule has 2 aromatic rings. The lowest BCUT2D eigenvalue weighted by Gasteiger charge is -2.10. The molecule has 2 N–H and O–H groups in total. The third kappa shape index (κ3) is 3.51. The largest absolute Gasteiger partial charge is 0.327 e. The highest BCUT2D eigenvalue weighted by Crippen LogP contribution is 2.25. The molecule has 0 aliphatic rings. The Hall–Kier alpha value is -1.00. The molecule has 0 spiro atoms. The summed E-state index contributed by atoms with van der Waals surface area (Å²) in [5, 5.41) is 1.16. The summed E-state index contributed by atoms with van der Waals surface area (Å²) in [7, 11) is 0. The molecule has 1 atom stereocenters. The molecule has 1 unspecified atom stereocenters. The van der Waals surface area contributed by atoms with Crippen LogP contribution in [0.25, 0.3) is 5.65 Å². The number of nitrogens with zero attached hydrogens (tertiary/aromatic N) is 2. The van der Waals surface area contributed by atoms with Gasteiger partial charge in [0.2, 0.25) is 0 Å². The van der Waals surface area contributed by atoms with Gasteiger partial charge in [0.15, 0.2) is 0 Å². The average Bonchev–Trinajstić information content (AvgIpc) is 2.77. The van der Waals surface area contributed by atoms with Crippen molar-refractivity contribution in [3.8, 4) is 0 Å². The molecule has 0 saturated carbocycles. The van der Waals surface area contributed by atoms with Crippen molar-refractivity contribution >= 4 is 17.4 Å². The van der Waals surface area contributed by atoms with Gasteiger partial charge < -0.3 is 10.1 Å². The maximum Gasteiger partial charge on any atom is 0.138 e. The first-order chi connectivity index (χ1) is 9.26. The van der Waals surface area contributed by atoms with Crippen LogP contribution in [0.5, 0.6) is 0 Å². The summed E-state index contributed by atoms with van der Waals surface area (Å²) >= 11 is 1.86. The molecule has 0 amide bonds. The number of imidazole rings is 1. The molecule has 2 aromatic heterocycles. The van der Waals surface area contributed by atoms with Crippen LogP contribution < -0.4 is 5.73 Å². The standard InChI is InChI=1S/C15H23N3S/c1-3-5-10-19-15-13(11-12(16)4-2)18-9-7-6-8-14(18)17-15/h6-9,12H,3-5,10-11,16H2,1-2H3. The lowest BCUT2D eigenvalue weighted by atomic mass is 10.1. The van der Waals surface area contributed by atoms with Gasteiger partial charge in [0, 0.05) is 18.7 Å². The quantitative estimate of drug-likeness (QED) is 0.622. The maximum absolute atomic E-state index is 6.13. The van der Waals surface area contributed by atoms with Crippen molar-refractivity contribution in [2.24, 2.45) is 5.73 Å². The van der Waals surface area contributed by atoms with E-state index in [1.807, 2.05) is 17.8 Å². The van der Waals surface area contributed by atoms with Gasteiger partial charge in [-0.15, -0.1) is 11.8 Å². The molecule has 0 aliphatic heterocycles. The van der Waals surface area contributed by atoms with Gasteiger partial charge in [-0.1, -0.05) is 26.3 Å². The number of hydrogen-bond acceptors (Lipinski definition) is 3. The van der Waals surface area contributed by atoms with E-state index in [-0.39, 0.29) is 6.04 Å². The number of fused-ring (bicyclic) bond motifs is 1. The van der Waals surface area contributed by atoms with E-state index >= 15 is 0 Å². The fourth-order valence-electron chi connectivity index (χ4n) is 2.03. The molecular formula is C15H23N3S. The average molecular weight is 277 g/mol. The lowest BCUT2D eigenvalue weighted by Crippen LogP contribution is -2.22. The first-order valence-corrected chi connectivity index (χ1v) is 8.09. The van der Waals surface area contributed by atoms with Crippen LogP contribution in [-0.2, 0) is 6.42 Å². The van der Waals surface area contributed by atoms with Crippen LogP contribution in [0.4, 0.5) is 0 Å². The summed E-state index contributed by atoms with van der Waals surface area (Å²) in [5.41, 5.74) is 8.43. The summed E-state index contributed by atoms with van der Waals surface area (Å²) in [6.07, 6.45) is 6.45. The molecule has 19 heavy (non-hydrogen) atoms. The highest BCUT2D eigenvalue weighted by atomic mass is 32.2. The minimum Gasteiger partial charge on any atom is -0.327 e. The van der Waals surface area contributed by atoms with Crippen molar-refractivity contribution in [1.82, 2.24) is 9.38 Å². The monoisotopic (exact) mass is 277 g/mol. The molecular weight excluding hydrogens is 254 g/mol. The van der Waals surface area contributed by atoms with Gasteiger partial charge in [-0.3, -0.25) is 0 Å². The Kier molecular flexibility index (Phi) is 5.28. The summed E-state index contributed by atoms with van der Waals surface area (Å²) in [4.78, 5) is 4.74. The van der Waals surface area contributed by atoms with Gasteiger partial charge in [-0.2, -0.15) is 0 Å². The molecule has 2 heterocycles. The Morgan fingerprint density at radius 3 is 2.95 bits per heavy atom. The van der Waals surface area contributed by atoms with Crippen molar-refractivity contribution in [2.75, 3.05) is 5.75 Å². The van der Waals surface area contributed by atoms with E-state index in [2.05, 4.69) is 36.6 Å². The molecule has 0 saturated heterocycles. The van der Waals surface area contributed by atoms with Crippen molar-refractivity contribution in [3.05, 3.63) is 30.1 Å². The number of nitrogens with two attached hydrogens (primary N) is 1. The van der Waals surface area contributed by atoms with E-state index in [0.717, 1.165) is 29.3 Å². The van der Waals surface area contributed by atoms with Crippen LogP contribution >= 0.6 is 11.8 Å². The maximum atomic E-state index is 6.13. The van der Waals surface area contributed by atoms with Gasteiger partial charge in [0.25, 0.3) is 0 Å². The Bertz CT molecular complexity index is 521. The number of pyridine rings is 1. The van der Waals surface area contributed by atoms with Crippen LogP contribution in [0, 0.1) is 0 Å². The van der Waals surface area contributed by atoms with Crippen molar-refractivity contribution in [3.63, 3.8) is 0 Å². The zero-order valence-corrected chi connectivity index (χ0v) is 12.6. The second kappa shape index (κ2) is 6.96. The second-order valence-electron chi connectivity index (χ2n) is 4.87. The lowest BCUT2D eigenvalue weighted by molar-refractivity contribution is 0.627. The fraction of sp³-hybridized carbons (Fsp3) is 0.533. The van der Waals surface area contributed by atoms with Gasteiger partial charge in [-0.05, 0) is 30.7 Å². The fourth-order valence-corrected chi connectivity index (χ4v) is 3.16. The van der Waals surface area contributed by atoms with Gasteiger partial charge in [-0.25, -0.2) is 4.98 Å². The topological polar surface area (TPSA) is 43.3 Å². The first kappa shape index (κ1) is 14.4. The third-order valence-corrected chi connectivity index (χ3v) is 4.40. The summed E-state index contributed by atoms with van der Waals surface area (Å²) in [6, 6.07) is 6.36. The number of thioether (sulfide) groups is 1. The van der Waals surface area contributed by atoms with Crippen LogP contribution in [0.3, 0.4) is 0 Å². The molecule has 0 bridgehead atoms. The van der Waals surface area contributed by atoms with Crippen molar-refractivity contribution < 1.29 is 0 Å². The van der Waals surface area contributed by atoms with Crippen LogP contribution in [-0.4, -0.2) is 21.2 Å². The number of aromatic nitrogens is 2. The van der Waals surface area contributed by atoms with Crippen LogP contribution in [0.1, 0.15) is 38.8 Å². The zero-order valence-electron chi connectivity index (χ0n) is 11.8. The number of unbranched alkanes of at least 4 members (excludes halogenated alkanes) is 1. The van der Waals surface area contributed by atoms with E-state index in [9.17, 15) is 0 Å². The summed E-state index contributed by atoms with van der Waals surface area (Å²) in [5.74, 6) is 1.13. The molecule has 2 rings (SSSR count). The van der Waals surface area contributed by atoms with E-state index in [1.165, 1.54) is 18.5 Å². The van der Waals surface area contributed by atoms with E-state index in [1.54, 1.807) is 0 Å². The van der Waals surface area contributed by atoms with Crippen molar-refractivity contribution in [1.29, 1.82) is 0 Å². The second-order valence-corrected chi connectivity index (χ2v) is 5.95. The molecule has 0 radical (unpaired) electrons. The SMILES string of the molecule is CCCCSc1nc2ccccn2c1CC(N)CC. The number of hydrogen-bond donors (Lipinski definition) is 1. The van der Waals surface area contributed by atoms with Gasteiger partial charge >= 0.3 is 0 Å². The van der Waals surface area contributed by atoms with Gasteiger partial charge in [0.05, 0.1) is 5.69 Å². The van der Waals surface area contributed by atoms with Crippen molar-refractivity contribution in [2.45, 2.75) is 50.6 Å². The smallest absolute Gasteiger partial charge is 0.138 e. The van der Waals surface area contributed by atoms with E-state index in [0.29, 0.717) is 0 Å². The number of rotatable bonds is 7. The Morgan fingerprint density at radius 2 is 2.21 bits per heavy atom.